The number of benzene rings is 1. The third-order valence-corrected chi connectivity index (χ3v) is 2.23. The summed E-state index contributed by atoms with van der Waals surface area (Å²) in [6.45, 7) is 3.07. The number of aryl methyl sites for hydroxylation is 2. The number of rotatable bonds is 1. The van der Waals surface area contributed by atoms with Crippen molar-refractivity contribution < 1.29 is 18.3 Å². The van der Waals surface area contributed by atoms with Crippen molar-refractivity contribution in [2.45, 2.75) is 26.1 Å². The minimum absolute atomic E-state index is 0.00752. The van der Waals surface area contributed by atoms with E-state index >= 15 is 0 Å². The number of nitrogens with two attached hydrogens (primary N) is 1. The zero-order valence-corrected chi connectivity index (χ0v) is 8.39. The van der Waals surface area contributed by atoms with E-state index in [9.17, 15) is 18.3 Å². The third-order valence-electron chi connectivity index (χ3n) is 2.23. The van der Waals surface area contributed by atoms with Crippen LogP contribution in [0.2, 0.25) is 0 Å². The fraction of sp³-hybridized carbons (Fsp3) is 0.400. The fourth-order valence-electron chi connectivity index (χ4n) is 1.36. The van der Waals surface area contributed by atoms with Crippen LogP contribution in [0.3, 0.4) is 0 Å². The predicted octanol–water partition coefficient (Wildman–Crippen LogP) is 2.57. The molecule has 0 fully saturated rings. The van der Waals surface area contributed by atoms with Gasteiger partial charge in [0.15, 0.2) is 0 Å². The van der Waals surface area contributed by atoms with Gasteiger partial charge in [-0.1, -0.05) is 12.1 Å². The minimum atomic E-state index is -4.46. The molecule has 0 unspecified atom stereocenters. The third kappa shape index (κ3) is 2.41. The molecular formula is C10H12F3NO. The van der Waals surface area contributed by atoms with E-state index in [0.717, 1.165) is 0 Å². The Bertz CT molecular complexity index is 350. The summed E-state index contributed by atoms with van der Waals surface area (Å²) in [4.78, 5) is 0. The van der Waals surface area contributed by atoms with E-state index in [4.69, 9.17) is 5.73 Å². The fourth-order valence-corrected chi connectivity index (χ4v) is 1.36. The van der Waals surface area contributed by atoms with Gasteiger partial charge >= 0.3 is 6.18 Å². The molecule has 1 atom stereocenters. The Hall–Kier alpha value is -1.23. The molecule has 0 heterocycles. The van der Waals surface area contributed by atoms with Crippen LogP contribution in [0.5, 0.6) is 5.75 Å². The predicted molar refractivity (Wildman–Crippen MR) is 50.6 cm³/mol. The second kappa shape index (κ2) is 3.73. The molecule has 0 bridgehead atoms. The first-order chi connectivity index (χ1) is 6.73. The lowest BCUT2D eigenvalue weighted by atomic mass is 10.0. The topological polar surface area (TPSA) is 46.2 Å². The van der Waals surface area contributed by atoms with Gasteiger partial charge in [0.25, 0.3) is 0 Å². The maximum absolute atomic E-state index is 12.3. The van der Waals surface area contributed by atoms with Gasteiger partial charge in [-0.15, -0.1) is 0 Å². The quantitative estimate of drug-likeness (QED) is 0.762. The van der Waals surface area contributed by atoms with Gasteiger partial charge in [0.05, 0.1) is 0 Å². The Morgan fingerprint density at radius 1 is 1.20 bits per heavy atom. The van der Waals surface area contributed by atoms with Crippen LogP contribution < -0.4 is 5.73 Å². The summed E-state index contributed by atoms with van der Waals surface area (Å²) in [5.41, 5.74) is 5.81. The lowest BCUT2D eigenvalue weighted by molar-refractivity contribution is -0.149. The average molecular weight is 219 g/mol. The highest BCUT2D eigenvalue weighted by Gasteiger charge is 2.38. The highest BCUT2D eigenvalue weighted by molar-refractivity contribution is 5.43. The normalized spacial score (nSPS) is 14.0. The van der Waals surface area contributed by atoms with Crippen molar-refractivity contribution in [3.63, 3.8) is 0 Å². The molecule has 0 radical (unpaired) electrons. The van der Waals surface area contributed by atoms with Crippen LogP contribution in [-0.4, -0.2) is 11.3 Å². The van der Waals surface area contributed by atoms with Gasteiger partial charge in [0, 0.05) is 0 Å². The van der Waals surface area contributed by atoms with E-state index < -0.39 is 12.2 Å². The van der Waals surface area contributed by atoms with Crippen molar-refractivity contribution in [1.29, 1.82) is 0 Å². The summed E-state index contributed by atoms with van der Waals surface area (Å²) >= 11 is 0. The molecular weight excluding hydrogens is 207 g/mol. The van der Waals surface area contributed by atoms with Crippen molar-refractivity contribution >= 4 is 0 Å². The molecule has 0 saturated heterocycles. The first kappa shape index (κ1) is 11.8. The number of hydrogen-bond donors (Lipinski definition) is 2. The molecule has 2 nitrogen and oxygen atoms in total. The van der Waals surface area contributed by atoms with E-state index in [1.807, 2.05) is 0 Å². The summed E-state index contributed by atoms with van der Waals surface area (Å²) in [6.07, 6.45) is -4.46. The summed E-state index contributed by atoms with van der Waals surface area (Å²) in [5, 5.41) is 9.39. The van der Waals surface area contributed by atoms with E-state index in [0.29, 0.717) is 11.1 Å². The highest BCUT2D eigenvalue weighted by Crippen LogP contribution is 2.33. The van der Waals surface area contributed by atoms with Gasteiger partial charge in [-0.3, -0.25) is 0 Å². The van der Waals surface area contributed by atoms with Gasteiger partial charge in [0.1, 0.15) is 11.8 Å². The van der Waals surface area contributed by atoms with Crippen molar-refractivity contribution in [1.82, 2.24) is 0 Å². The van der Waals surface area contributed by atoms with Gasteiger partial charge in [-0.25, -0.2) is 0 Å². The first-order valence-corrected chi connectivity index (χ1v) is 4.36. The number of hydrogen-bond acceptors (Lipinski definition) is 2. The number of halogens is 3. The Balaban J connectivity index is 3.17. The Kier molecular flexibility index (Phi) is 2.95. The maximum atomic E-state index is 12.3. The minimum Gasteiger partial charge on any atom is -0.507 e. The Morgan fingerprint density at radius 3 is 1.93 bits per heavy atom. The average Bonchev–Trinajstić information content (AvgIpc) is 2.10. The SMILES string of the molecule is Cc1cc([C@@H](N)C(F)(F)F)cc(C)c1O. The smallest absolute Gasteiger partial charge is 0.407 e. The van der Waals surface area contributed by atoms with Crippen molar-refractivity contribution in [3.05, 3.63) is 28.8 Å². The van der Waals surface area contributed by atoms with Crippen LogP contribution in [0.25, 0.3) is 0 Å². The van der Waals surface area contributed by atoms with E-state index in [1.165, 1.54) is 26.0 Å². The highest BCUT2D eigenvalue weighted by atomic mass is 19.4. The zero-order valence-electron chi connectivity index (χ0n) is 8.39. The standard InChI is InChI=1S/C10H12F3NO/c1-5-3-7(4-6(2)8(5)15)9(14)10(11,12)13/h3-4,9,15H,14H2,1-2H3/t9-/m1/s1. The van der Waals surface area contributed by atoms with Gasteiger partial charge in [-0.2, -0.15) is 13.2 Å². The number of alkyl halides is 3. The Labute approximate surface area is 85.5 Å². The summed E-state index contributed by atoms with van der Waals surface area (Å²) in [7, 11) is 0. The molecule has 1 rings (SSSR count). The first-order valence-electron chi connectivity index (χ1n) is 4.36. The molecule has 3 N–H and O–H groups in total. The van der Waals surface area contributed by atoms with Crippen LogP contribution in [0.15, 0.2) is 12.1 Å². The van der Waals surface area contributed by atoms with Crippen LogP contribution in [-0.2, 0) is 0 Å². The van der Waals surface area contributed by atoms with Crippen molar-refractivity contribution in [2.24, 2.45) is 5.73 Å². The second-order valence-electron chi connectivity index (χ2n) is 3.52. The number of phenols is 1. The molecule has 15 heavy (non-hydrogen) atoms. The van der Waals surface area contributed by atoms with Crippen molar-refractivity contribution in [2.75, 3.05) is 0 Å². The molecule has 0 saturated carbocycles. The van der Waals surface area contributed by atoms with E-state index in [2.05, 4.69) is 0 Å². The lowest BCUT2D eigenvalue weighted by Crippen LogP contribution is -2.28. The molecule has 1 aromatic carbocycles. The summed E-state index contributed by atoms with van der Waals surface area (Å²) in [6, 6.07) is 0.497. The molecule has 0 aromatic heterocycles. The van der Waals surface area contributed by atoms with Crippen LogP contribution in [0.4, 0.5) is 13.2 Å². The van der Waals surface area contributed by atoms with Gasteiger partial charge in [0.2, 0.25) is 0 Å². The molecule has 0 aliphatic rings. The maximum Gasteiger partial charge on any atom is 0.407 e. The monoisotopic (exact) mass is 219 g/mol. The van der Waals surface area contributed by atoms with Crippen LogP contribution in [0, 0.1) is 13.8 Å². The van der Waals surface area contributed by atoms with Crippen LogP contribution >= 0.6 is 0 Å². The molecule has 5 heteroatoms. The van der Waals surface area contributed by atoms with Crippen LogP contribution in [0.1, 0.15) is 22.7 Å². The molecule has 0 spiro atoms. The molecule has 84 valence electrons. The zero-order chi connectivity index (χ0) is 11.8. The second-order valence-corrected chi connectivity index (χ2v) is 3.52. The largest absolute Gasteiger partial charge is 0.507 e. The summed E-state index contributed by atoms with van der Waals surface area (Å²) in [5.74, 6) is 0.00752. The molecule has 0 amide bonds. The lowest BCUT2D eigenvalue weighted by Gasteiger charge is -2.17. The van der Waals surface area contributed by atoms with Gasteiger partial charge < -0.3 is 10.8 Å². The summed E-state index contributed by atoms with van der Waals surface area (Å²) < 4.78 is 36.9. The van der Waals surface area contributed by atoms with Crippen molar-refractivity contribution in [3.8, 4) is 5.75 Å². The Morgan fingerprint density at radius 2 is 1.60 bits per heavy atom. The van der Waals surface area contributed by atoms with E-state index in [-0.39, 0.29) is 11.3 Å². The molecule has 1 aromatic rings. The number of phenolic OH excluding ortho intramolecular Hbond substituents is 1. The number of aromatic hydroxyl groups is 1. The van der Waals surface area contributed by atoms with E-state index in [1.54, 1.807) is 0 Å². The molecule has 0 aliphatic carbocycles. The van der Waals surface area contributed by atoms with Gasteiger partial charge in [-0.05, 0) is 30.5 Å². The molecule has 0 aliphatic heterocycles.